The molecule has 0 spiro atoms. The zero-order valence-corrected chi connectivity index (χ0v) is 13.6. The third-order valence-electron chi connectivity index (χ3n) is 2.92. The molecule has 0 saturated heterocycles. The Morgan fingerprint density at radius 3 is 2.43 bits per heavy atom. The molecule has 1 unspecified atom stereocenters. The summed E-state index contributed by atoms with van der Waals surface area (Å²) in [6.45, 7) is 14.2. The van der Waals surface area contributed by atoms with E-state index in [-0.39, 0.29) is 0 Å². The largest absolute Gasteiger partial charge is 0.388 e. The fourth-order valence-electron chi connectivity index (χ4n) is 1.60. The van der Waals surface area contributed by atoms with Crippen LogP contribution in [0.25, 0.3) is 0 Å². The summed E-state index contributed by atoms with van der Waals surface area (Å²) in [5, 5.41) is 3.28. The van der Waals surface area contributed by atoms with E-state index >= 15 is 0 Å². The fraction of sp³-hybridized carbons (Fsp3) is 0.412. The van der Waals surface area contributed by atoms with Crippen molar-refractivity contribution in [3.63, 3.8) is 0 Å². The third-order valence-corrected chi connectivity index (χ3v) is 2.92. The molecule has 5 N–H and O–H groups in total. The van der Waals surface area contributed by atoms with E-state index < -0.39 is 6.23 Å². The molecule has 4 nitrogen and oxygen atoms in total. The van der Waals surface area contributed by atoms with Gasteiger partial charge < -0.3 is 21.5 Å². The van der Waals surface area contributed by atoms with Crippen LogP contribution in [0, 0.1) is 0 Å². The molecular weight excluding hydrogens is 262 g/mol. The van der Waals surface area contributed by atoms with Gasteiger partial charge in [0.2, 0.25) is 0 Å². The number of nitrogens with two attached hydrogens (primary N) is 2. The summed E-state index contributed by atoms with van der Waals surface area (Å²) in [5.74, 6) is 0. The van der Waals surface area contributed by atoms with Crippen molar-refractivity contribution in [2.24, 2.45) is 11.5 Å². The zero-order valence-electron chi connectivity index (χ0n) is 13.6. The molecule has 0 aromatic heterocycles. The van der Waals surface area contributed by atoms with Gasteiger partial charge in [-0.2, -0.15) is 0 Å². The molecule has 0 bridgehead atoms. The van der Waals surface area contributed by atoms with Crippen LogP contribution < -0.4 is 16.8 Å². The minimum Gasteiger partial charge on any atom is -0.388 e. The number of hydrogen-bond donors (Lipinski definition) is 3. The Morgan fingerprint density at radius 2 is 2.00 bits per heavy atom. The van der Waals surface area contributed by atoms with Crippen LogP contribution in [0.2, 0.25) is 0 Å². The first-order valence-electron chi connectivity index (χ1n) is 7.01. The topological polar surface area (TPSA) is 73.3 Å². The summed E-state index contributed by atoms with van der Waals surface area (Å²) in [4.78, 5) is 0. The smallest absolute Gasteiger partial charge is 0.131 e. The predicted molar refractivity (Wildman–Crippen MR) is 91.6 cm³/mol. The SMILES string of the molecule is C=C/C=C(C)/C(=C/NC(C)C)/C=C(\C(=C)CN)C(N)OC. The predicted octanol–water partition coefficient (Wildman–Crippen LogP) is 2.37. The molecule has 0 saturated carbocycles. The number of methoxy groups -OCH3 is 1. The quantitative estimate of drug-likeness (QED) is 0.450. The minimum atomic E-state index is -0.556. The van der Waals surface area contributed by atoms with E-state index in [9.17, 15) is 0 Å². The van der Waals surface area contributed by atoms with Crippen LogP contribution in [0.15, 0.2) is 59.9 Å². The standard InChI is InChI=1S/C17H29N3O/c1-7-8-13(4)15(11-20-12(2)3)9-16(14(5)10-18)17(19)21-6/h7-9,11-12,17,20H,1,5,10,18-19H2,2-4,6H3/b13-8+,15-11+,16-9+. The number of allylic oxidation sites excluding steroid dienone is 5. The number of rotatable bonds is 9. The molecule has 21 heavy (non-hydrogen) atoms. The van der Waals surface area contributed by atoms with Crippen molar-refractivity contribution in [2.75, 3.05) is 13.7 Å². The number of ether oxygens (including phenoxy) is 1. The normalized spacial score (nSPS) is 15.1. The van der Waals surface area contributed by atoms with E-state index in [4.69, 9.17) is 16.2 Å². The second kappa shape index (κ2) is 10.2. The van der Waals surface area contributed by atoms with Gasteiger partial charge in [0.15, 0.2) is 0 Å². The van der Waals surface area contributed by atoms with E-state index in [0.29, 0.717) is 12.6 Å². The highest BCUT2D eigenvalue weighted by Crippen LogP contribution is 2.19. The highest BCUT2D eigenvalue weighted by Gasteiger charge is 2.12. The van der Waals surface area contributed by atoms with Crippen molar-refractivity contribution in [1.29, 1.82) is 0 Å². The number of nitrogens with one attached hydrogen (secondary N) is 1. The van der Waals surface area contributed by atoms with Crippen molar-refractivity contribution in [1.82, 2.24) is 5.32 Å². The Morgan fingerprint density at radius 1 is 1.38 bits per heavy atom. The highest BCUT2D eigenvalue weighted by molar-refractivity contribution is 5.47. The van der Waals surface area contributed by atoms with E-state index in [0.717, 1.165) is 22.3 Å². The lowest BCUT2D eigenvalue weighted by Crippen LogP contribution is -2.27. The highest BCUT2D eigenvalue weighted by atomic mass is 16.5. The van der Waals surface area contributed by atoms with Gasteiger partial charge in [0, 0.05) is 25.9 Å². The molecule has 0 aliphatic rings. The first-order valence-corrected chi connectivity index (χ1v) is 7.01. The maximum Gasteiger partial charge on any atom is 0.131 e. The molecule has 0 aliphatic carbocycles. The first-order chi connectivity index (χ1) is 9.87. The van der Waals surface area contributed by atoms with Crippen molar-refractivity contribution >= 4 is 0 Å². The zero-order chi connectivity index (χ0) is 16.4. The van der Waals surface area contributed by atoms with Gasteiger partial charge in [0.05, 0.1) is 0 Å². The molecule has 0 fully saturated rings. The molecule has 0 radical (unpaired) electrons. The van der Waals surface area contributed by atoms with Gasteiger partial charge in [-0.1, -0.05) is 25.3 Å². The van der Waals surface area contributed by atoms with E-state index in [2.05, 4.69) is 32.3 Å². The molecule has 0 rings (SSSR count). The monoisotopic (exact) mass is 291 g/mol. The lowest BCUT2D eigenvalue weighted by Gasteiger charge is -2.17. The van der Waals surface area contributed by atoms with Crippen LogP contribution in [0.5, 0.6) is 0 Å². The van der Waals surface area contributed by atoms with Crippen LogP contribution in [0.4, 0.5) is 0 Å². The maximum absolute atomic E-state index is 5.98. The Bertz CT molecular complexity index is 445. The van der Waals surface area contributed by atoms with Gasteiger partial charge in [-0.15, -0.1) is 0 Å². The average molecular weight is 291 g/mol. The summed E-state index contributed by atoms with van der Waals surface area (Å²) < 4.78 is 5.21. The molecule has 0 amide bonds. The second-order valence-corrected chi connectivity index (χ2v) is 5.07. The second-order valence-electron chi connectivity index (χ2n) is 5.07. The molecule has 4 heteroatoms. The van der Waals surface area contributed by atoms with E-state index in [1.807, 2.05) is 25.3 Å². The van der Waals surface area contributed by atoms with Crippen molar-refractivity contribution in [2.45, 2.75) is 33.0 Å². The Labute approximate surface area is 128 Å². The van der Waals surface area contributed by atoms with Gasteiger partial charge in [-0.05, 0) is 49.1 Å². The minimum absolute atomic E-state index is 0.331. The lowest BCUT2D eigenvalue weighted by molar-refractivity contribution is 0.139. The van der Waals surface area contributed by atoms with Crippen LogP contribution in [0.1, 0.15) is 20.8 Å². The lowest BCUT2D eigenvalue weighted by atomic mass is 9.99. The van der Waals surface area contributed by atoms with Crippen molar-refractivity contribution < 1.29 is 4.74 Å². The summed E-state index contributed by atoms with van der Waals surface area (Å²) in [7, 11) is 1.56. The average Bonchev–Trinajstić information content (AvgIpc) is 2.45. The summed E-state index contributed by atoms with van der Waals surface area (Å²) in [6.07, 6.45) is 7.03. The summed E-state index contributed by atoms with van der Waals surface area (Å²) in [6, 6.07) is 0.335. The van der Waals surface area contributed by atoms with Gasteiger partial charge in [-0.3, -0.25) is 0 Å². The van der Waals surface area contributed by atoms with Crippen LogP contribution >= 0.6 is 0 Å². The van der Waals surface area contributed by atoms with Crippen LogP contribution in [-0.2, 0) is 4.74 Å². The molecule has 1 atom stereocenters. The van der Waals surface area contributed by atoms with Crippen molar-refractivity contribution in [3.8, 4) is 0 Å². The number of hydrogen-bond acceptors (Lipinski definition) is 4. The first kappa shape index (κ1) is 19.4. The molecule has 118 valence electrons. The van der Waals surface area contributed by atoms with E-state index in [1.54, 1.807) is 13.2 Å². The Kier molecular flexibility index (Phi) is 9.37. The van der Waals surface area contributed by atoms with E-state index in [1.165, 1.54) is 0 Å². The fourth-order valence-corrected chi connectivity index (χ4v) is 1.60. The van der Waals surface area contributed by atoms with Gasteiger partial charge in [0.1, 0.15) is 6.23 Å². The maximum atomic E-state index is 5.98. The molecular formula is C17H29N3O. The van der Waals surface area contributed by atoms with Gasteiger partial charge >= 0.3 is 0 Å². The summed E-state index contributed by atoms with van der Waals surface area (Å²) in [5.41, 5.74) is 15.2. The third kappa shape index (κ3) is 7.09. The Balaban J connectivity index is 5.71. The van der Waals surface area contributed by atoms with Crippen LogP contribution in [-0.4, -0.2) is 25.9 Å². The summed E-state index contributed by atoms with van der Waals surface area (Å²) >= 11 is 0. The molecule has 0 heterocycles. The molecule has 0 aromatic rings. The van der Waals surface area contributed by atoms with Crippen molar-refractivity contribution in [3.05, 3.63) is 59.9 Å². The van der Waals surface area contributed by atoms with Gasteiger partial charge in [-0.25, -0.2) is 0 Å². The molecule has 0 aromatic carbocycles. The van der Waals surface area contributed by atoms with Crippen LogP contribution in [0.3, 0.4) is 0 Å². The van der Waals surface area contributed by atoms with Gasteiger partial charge in [0.25, 0.3) is 0 Å². The Hall–Kier alpha value is -1.62. The molecule has 0 aliphatic heterocycles.